The lowest BCUT2D eigenvalue weighted by Crippen LogP contribution is -2.45. The van der Waals surface area contributed by atoms with Crippen LogP contribution >= 0.6 is 11.6 Å². The van der Waals surface area contributed by atoms with Gasteiger partial charge < -0.3 is 4.74 Å². The van der Waals surface area contributed by atoms with Crippen molar-refractivity contribution >= 4 is 29.1 Å². The largest absolute Gasteiger partial charge is 0.365 e. The standard InChI is InChI=1S/C13H15ClN4O2/c1-13(6-2-3-7-20-13)11(19)16-12-15-10-5-4-9(14)8-18(10)17-12/h4-5,8H,2-3,6-7H2,1H3,(H,16,17,19). The molecule has 3 heterocycles. The first-order valence-corrected chi connectivity index (χ1v) is 6.92. The molecule has 0 aliphatic carbocycles. The predicted octanol–water partition coefficient (Wildman–Crippen LogP) is 2.28. The summed E-state index contributed by atoms with van der Waals surface area (Å²) < 4.78 is 7.13. The summed E-state index contributed by atoms with van der Waals surface area (Å²) in [5.41, 5.74) is -0.174. The minimum atomic E-state index is -0.798. The number of carbonyl (C=O) groups is 1. The van der Waals surface area contributed by atoms with Crippen molar-refractivity contribution in [3.05, 3.63) is 23.4 Å². The highest BCUT2D eigenvalue weighted by atomic mass is 35.5. The number of hydrogen-bond acceptors (Lipinski definition) is 4. The van der Waals surface area contributed by atoms with E-state index in [-0.39, 0.29) is 11.9 Å². The number of fused-ring (bicyclic) bond motifs is 1. The van der Waals surface area contributed by atoms with E-state index in [4.69, 9.17) is 16.3 Å². The van der Waals surface area contributed by atoms with E-state index in [1.54, 1.807) is 25.3 Å². The molecule has 20 heavy (non-hydrogen) atoms. The third-order valence-corrected chi connectivity index (χ3v) is 3.69. The monoisotopic (exact) mass is 294 g/mol. The second-order valence-corrected chi connectivity index (χ2v) is 5.51. The van der Waals surface area contributed by atoms with Crippen molar-refractivity contribution in [3.8, 4) is 0 Å². The molecule has 1 fully saturated rings. The molecule has 1 saturated heterocycles. The summed E-state index contributed by atoms with van der Waals surface area (Å²) in [5, 5.41) is 7.44. The third kappa shape index (κ3) is 2.48. The minimum absolute atomic E-state index is 0.209. The van der Waals surface area contributed by atoms with Gasteiger partial charge in [-0.15, -0.1) is 5.10 Å². The normalized spacial score (nSPS) is 22.9. The Labute approximate surface area is 121 Å². The molecular weight excluding hydrogens is 280 g/mol. The van der Waals surface area contributed by atoms with Crippen molar-refractivity contribution in [1.82, 2.24) is 14.6 Å². The lowest BCUT2D eigenvalue weighted by Gasteiger charge is -2.31. The number of hydrogen-bond donors (Lipinski definition) is 1. The molecule has 0 bridgehead atoms. The molecule has 1 unspecified atom stereocenters. The molecule has 2 aromatic heterocycles. The van der Waals surface area contributed by atoms with Crippen LogP contribution in [0, 0.1) is 0 Å². The zero-order chi connectivity index (χ0) is 14.2. The summed E-state index contributed by atoms with van der Waals surface area (Å²) in [7, 11) is 0. The van der Waals surface area contributed by atoms with E-state index < -0.39 is 5.60 Å². The maximum absolute atomic E-state index is 12.3. The van der Waals surface area contributed by atoms with E-state index in [0.29, 0.717) is 23.7 Å². The molecule has 3 rings (SSSR count). The Morgan fingerprint density at radius 1 is 1.50 bits per heavy atom. The van der Waals surface area contributed by atoms with E-state index in [1.165, 1.54) is 4.52 Å². The number of nitrogens with zero attached hydrogens (tertiary/aromatic N) is 3. The van der Waals surface area contributed by atoms with Gasteiger partial charge in [-0.3, -0.25) is 10.1 Å². The second-order valence-electron chi connectivity index (χ2n) is 5.08. The molecule has 0 aromatic carbocycles. The molecule has 106 valence electrons. The maximum Gasteiger partial charge on any atom is 0.258 e. The molecule has 1 aliphatic rings. The molecule has 1 aliphatic heterocycles. The summed E-state index contributed by atoms with van der Waals surface area (Å²) in [4.78, 5) is 16.5. The number of amides is 1. The Morgan fingerprint density at radius 3 is 3.10 bits per heavy atom. The van der Waals surface area contributed by atoms with Crippen LogP contribution in [-0.4, -0.2) is 32.7 Å². The van der Waals surface area contributed by atoms with Gasteiger partial charge in [-0.25, -0.2) is 4.52 Å². The molecule has 1 N–H and O–H groups in total. The first-order chi connectivity index (χ1) is 9.57. The summed E-state index contributed by atoms with van der Waals surface area (Å²) in [6.07, 6.45) is 4.32. The number of aromatic nitrogens is 3. The molecule has 0 radical (unpaired) electrons. The van der Waals surface area contributed by atoms with Crippen LogP contribution in [0.5, 0.6) is 0 Å². The van der Waals surface area contributed by atoms with E-state index in [2.05, 4.69) is 15.4 Å². The van der Waals surface area contributed by atoms with Gasteiger partial charge in [-0.05, 0) is 38.3 Å². The minimum Gasteiger partial charge on any atom is -0.365 e. The maximum atomic E-state index is 12.3. The average Bonchev–Trinajstić information content (AvgIpc) is 2.81. The Morgan fingerprint density at radius 2 is 2.35 bits per heavy atom. The van der Waals surface area contributed by atoms with Crippen molar-refractivity contribution < 1.29 is 9.53 Å². The predicted molar refractivity (Wildman–Crippen MR) is 74.8 cm³/mol. The number of carbonyl (C=O) groups excluding carboxylic acids is 1. The summed E-state index contributed by atoms with van der Waals surface area (Å²) in [6.45, 7) is 2.41. The molecule has 6 nitrogen and oxygen atoms in total. The molecule has 2 aromatic rings. The molecular formula is C13H15ClN4O2. The lowest BCUT2D eigenvalue weighted by atomic mass is 9.95. The highest BCUT2D eigenvalue weighted by Crippen LogP contribution is 2.25. The van der Waals surface area contributed by atoms with Gasteiger partial charge in [-0.2, -0.15) is 4.98 Å². The first kappa shape index (κ1) is 13.3. The van der Waals surface area contributed by atoms with Gasteiger partial charge >= 0.3 is 0 Å². The zero-order valence-electron chi connectivity index (χ0n) is 11.1. The molecule has 1 atom stereocenters. The molecule has 7 heteroatoms. The first-order valence-electron chi connectivity index (χ1n) is 6.54. The van der Waals surface area contributed by atoms with Gasteiger partial charge in [0.15, 0.2) is 5.65 Å². The number of nitrogens with one attached hydrogen (secondary N) is 1. The van der Waals surface area contributed by atoms with Crippen LogP contribution < -0.4 is 5.32 Å². The van der Waals surface area contributed by atoms with Crippen LogP contribution in [0.3, 0.4) is 0 Å². The van der Waals surface area contributed by atoms with Gasteiger partial charge in [0, 0.05) is 12.8 Å². The van der Waals surface area contributed by atoms with Gasteiger partial charge in [0.1, 0.15) is 5.60 Å². The average molecular weight is 295 g/mol. The molecule has 1 amide bonds. The fraction of sp³-hybridized carbons (Fsp3) is 0.462. The summed E-state index contributed by atoms with van der Waals surface area (Å²) in [5.74, 6) is 0.0480. The smallest absolute Gasteiger partial charge is 0.258 e. The topological polar surface area (TPSA) is 68.5 Å². The van der Waals surface area contributed by atoms with Crippen LogP contribution in [0.2, 0.25) is 5.02 Å². The third-order valence-electron chi connectivity index (χ3n) is 3.47. The second kappa shape index (κ2) is 5.03. The number of halogens is 1. The number of pyridine rings is 1. The zero-order valence-corrected chi connectivity index (χ0v) is 11.9. The van der Waals surface area contributed by atoms with E-state index in [0.717, 1.165) is 12.8 Å². The van der Waals surface area contributed by atoms with Crippen LogP contribution in [0.25, 0.3) is 5.65 Å². The van der Waals surface area contributed by atoms with E-state index in [9.17, 15) is 4.79 Å². The highest BCUT2D eigenvalue weighted by Gasteiger charge is 2.36. The van der Waals surface area contributed by atoms with Crippen molar-refractivity contribution in [2.45, 2.75) is 31.8 Å². The Bertz CT molecular complexity index is 649. The Hall–Kier alpha value is -1.66. The van der Waals surface area contributed by atoms with Crippen LogP contribution in [-0.2, 0) is 9.53 Å². The molecule has 0 saturated carbocycles. The van der Waals surface area contributed by atoms with Crippen LogP contribution in [0.4, 0.5) is 5.95 Å². The van der Waals surface area contributed by atoms with E-state index in [1.807, 2.05) is 0 Å². The number of rotatable bonds is 2. The summed E-state index contributed by atoms with van der Waals surface area (Å²) in [6, 6.07) is 3.46. The SMILES string of the molecule is CC1(C(=O)Nc2nc3ccc(Cl)cn3n2)CCCCO1. The quantitative estimate of drug-likeness (QED) is 0.922. The van der Waals surface area contributed by atoms with Crippen LogP contribution in [0.1, 0.15) is 26.2 Å². The van der Waals surface area contributed by atoms with Gasteiger partial charge in [0.2, 0.25) is 5.95 Å². The van der Waals surface area contributed by atoms with Crippen molar-refractivity contribution in [2.24, 2.45) is 0 Å². The highest BCUT2D eigenvalue weighted by molar-refractivity contribution is 6.30. The van der Waals surface area contributed by atoms with Crippen molar-refractivity contribution in [1.29, 1.82) is 0 Å². The van der Waals surface area contributed by atoms with E-state index >= 15 is 0 Å². The summed E-state index contributed by atoms with van der Waals surface area (Å²) >= 11 is 5.88. The lowest BCUT2D eigenvalue weighted by molar-refractivity contribution is -0.144. The van der Waals surface area contributed by atoms with Crippen molar-refractivity contribution in [3.63, 3.8) is 0 Å². The fourth-order valence-corrected chi connectivity index (χ4v) is 2.41. The number of anilines is 1. The number of ether oxygens (including phenoxy) is 1. The molecule has 0 spiro atoms. The fourth-order valence-electron chi connectivity index (χ4n) is 2.26. The van der Waals surface area contributed by atoms with Gasteiger partial charge in [-0.1, -0.05) is 11.6 Å². The Kier molecular flexibility index (Phi) is 3.35. The van der Waals surface area contributed by atoms with Crippen molar-refractivity contribution in [2.75, 3.05) is 11.9 Å². The van der Waals surface area contributed by atoms with Crippen LogP contribution in [0.15, 0.2) is 18.3 Å². The van der Waals surface area contributed by atoms with Gasteiger partial charge in [0.05, 0.1) is 5.02 Å². The van der Waals surface area contributed by atoms with Gasteiger partial charge in [0.25, 0.3) is 5.91 Å². The Balaban J connectivity index is 1.80.